The molecular weight excluding hydrogens is 288 g/mol. The number of carbonyl (C=O) groups excluding carboxylic acids is 1. The summed E-state index contributed by atoms with van der Waals surface area (Å²) in [7, 11) is 3.19. The van der Waals surface area contributed by atoms with Gasteiger partial charge in [0.1, 0.15) is 17.4 Å². The molecule has 0 bridgehead atoms. The van der Waals surface area contributed by atoms with Crippen molar-refractivity contribution in [3.63, 3.8) is 0 Å². The Balaban J connectivity index is 2.72. The van der Waals surface area contributed by atoms with Crippen LogP contribution in [0.2, 0.25) is 0 Å². The lowest BCUT2D eigenvalue weighted by atomic mass is 10.2. The molecule has 2 aromatic rings. The predicted molar refractivity (Wildman–Crippen MR) is 72.6 cm³/mol. The van der Waals surface area contributed by atoms with Gasteiger partial charge in [0.25, 0.3) is 0 Å². The zero-order valence-electron chi connectivity index (χ0n) is 11.3. The molecule has 0 saturated heterocycles. The molecule has 4 nitrogen and oxygen atoms in total. The van der Waals surface area contributed by atoms with Crippen LogP contribution in [0, 0.1) is 11.6 Å². The molecule has 1 heterocycles. The van der Waals surface area contributed by atoms with Gasteiger partial charge in [0.2, 0.25) is 5.91 Å². The smallest absolute Gasteiger partial charge is 0.244 e. The maximum absolute atomic E-state index is 14.0. The third-order valence-electron chi connectivity index (χ3n) is 3.12. The minimum absolute atomic E-state index is 0.000781. The first-order valence-corrected chi connectivity index (χ1v) is 6.53. The summed E-state index contributed by atoms with van der Waals surface area (Å²) in [6, 6.07) is 1.65. The summed E-state index contributed by atoms with van der Waals surface area (Å²) in [5.74, 6) is -1.93. The highest BCUT2D eigenvalue weighted by Gasteiger charge is 2.25. The largest absolute Gasteiger partial charge is 0.347 e. The van der Waals surface area contributed by atoms with Gasteiger partial charge in [-0.25, -0.2) is 13.8 Å². The van der Waals surface area contributed by atoms with Crippen molar-refractivity contribution in [1.29, 1.82) is 0 Å². The molecule has 0 aliphatic heterocycles. The number of alkyl halides is 1. The molecule has 0 spiro atoms. The first-order valence-electron chi connectivity index (χ1n) is 6.00. The van der Waals surface area contributed by atoms with Gasteiger partial charge in [-0.05, 0) is 19.1 Å². The van der Waals surface area contributed by atoms with Crippen LogP contribution in [0.1, 0.15) is 18.8 Å². The lowest BCUT2D eigenvalue weighted by Gasteiger charge is -2.20. The van der Waals surface area contributed by atoms with Crippen molar-refractivity contribution in [2.45, 2.75) is 18.8 Å². The molecule has 0 fully saturated rings. The van der Waals surface area contributed by atoms with Crippen molar-refractivity contribution in [3.8, 4) is 0 Å². The number of amides is 1. The number of carbonyl (C=O) groups is 1. The van der Waals surface area contributed by atoms with Crippen LogP contribution >= 0.6 is 11.6 Å². The molecule has 1 unspecified atom stereocenters. The highest BCUT2D eigenvalue weighted by Crippen LogP contribution is 2.27. The van der Waals surface area contributed by atoms with Gasteiger partial charge in [-0.1, -0.05) is 0 Å². The van der Waals surface area contributed by atoms with E-state index >= 15 is 0 Å². The fourth-order valence-electron chi connectivity index (χ4n) is 2.17. The Hall–Kier alpha value is -1.69. The van der Waals surface area contributed by atoms with Gasteiger partial charge in [0, 0.05) is 14.1 Å². The second kappa shape index (κ2) is 5.36. The fraction of sp³-hybridized carbons (Fsp3) is 0.385. The predicted octanol–water partition coefficient (Wildman–Crippen LogP) is 2.70. The third-order valence-corrected chi connectivity index (χ3v) is 3.36. The average molecular weight is 302 g/mol. The number of hydrogen-bond acceptors (Lipinski definition) is 2. The Bertz CT molecular complexity index is 669. The van der Waals surface area contributed by atoms with Crippen LogP contribution in [-0.2, 0) is 10.7 Å². The molecule has 1 atom stereocenters. The van der Waals surface area contributed by atoms with Gasteiger partial charge in [-0.15, -0.1) is 11.6 Å². The molecule has 1 amide bonds. The quantitative estimate of drug-likeness (QED) is 0.818. The van der Waals surface area contributed by atoms with Crippen molar-refractivity contribution in [2.75, 3.05) is 14.1 Å². The maximum atomic E-state index is 14.0. The average Bonchev–Trinajstić information content (AvgIpc) is 2.80. The van der Waals surface area contributed by atoms with Gasteiger partial charge in [0.15, 0.2) is 11.6 Å². The van der Waals surface area contributed by atoms with E-state index in [1.807, 2.05) is 0 Å². The summed E-state index contributed by atoms with van der Waals surface area (Å²) in [6.45, 7) is 1.60. The van der Waals surface area contributed by atoms with E-state index in [9.17, 15) is 13.6 Å². The van der Waals surface area contributed by atoms with E-state index in [2.05, 4.69) is 4.98 Å². The van der Waals surface area contributed by atoms with Crippen molar-refractivity contribution in [1.82, 2.24) is 14.5 Å². The summed E-state index contributed by atoms with van der Waals surface area (Å²) in [4.78, 5) is 17.6. The summed E-state index contributed by atoms with van der Waals surface area (Å²) >= 11 is 5.80. The highest BCUT2D eigenvalue weighted by atomic mass is 35.5. The minimum Gasteiger partial charge on any atom is -0.347 e. The van der Waals surface area contributed by atoms with E-state index < -0.39 is 17.7 Å². The molecule has 0 aliphatic rings. The van der Waals surface area contributed by atoms with Crippen LogP contribution < -0.4 is 0 Å². The van der Waals surface area contributed by atoms with Crippen LogP contribution in [0.4, 0.5) is 8.78 Å². The normalized spacial score (nSPS) is 12.7. The Morgan fingerprint density at radius 3 is 2.65 bits per heavy atom. The Labute approximate surface area is 119 Å². The lowest BCUT2D eigenvalue weighted by Crippen LogP contribution is -2.30. The molecular formula is C13H14ClF2N3O. The number of hydrogen-bond donors (Lipinski definition) is 0. The number of likely N-dealkylation sites (N-methyl/N-ethyl adjacent to an activating group) is 1. The van der Waals surface area contributed by atoms with Gasteiger partial charge in [0.05, 0.1) is 11.4 Å². The summed E-state index contributed by atoms with van der Waals surface area (Å²) in [5, 5.41) is 0. The van der Waals surface area contributed by atoms with E-state index in [-0.39, 0.29) is 22.8 Å². The zero-order valence-corrected chi connectivity index (χ0v) is 12.1. The second-order valence-corrected chi connectivity index (χ2v) is 4.94. The molecule has 20 heavy (non-hydrogen) atoms. The number of imidazole rings is 1. The summed E-state index contributed by atoms with van der Waals surface area (Å²) in [5.41, 5.74) is 0.237. The van der Waals surface area contributed by atoms with Crippen molar-refractivity contribution in [3.05, 3.63) is 29.6 Å². The van der Waals surface area contributed by atoms with Crippen molar-refractivity contribution >= 4 is 28.5 Å². The van der Waals surface area contributed by atoms with E-state index in [4.69, 9.17) is 11.6 Å². The number of rotatable bonds is 3. The van der Waals surface area contributed by atoms with Crippen LogP contribution in [0.3, 0.4) is 0 Å². The van der Waals surface area contributed by atoms with E-state index in [0.29, 0.717) is 5.82 Å². The van der Waals surface area contributed by atoms with Gasteiger partial charge < -0.3 is 9.47 Å². The van der Waals surface area contributed by atoms with Crippen LogP contribution in [0.15, 0.2) is 12.1 Å². The van der Waals surface area contributed by atoms with Gasteiger partial charge >= 0.3 is 0 Å². The second-order valence-electron chi connectivity index (χ2n) is 4.67. The molecule has 0 saturated carbocycles. The van der Waals surface area contributed by atoms with E-state index in [1.54, 1.807) is 21.0 Å². The molecule has 0 aliphatic carbocycles. The van der Waals surface area contributed by atoms with Crippen molar-refractivity contribution < 1.29 is 13.6 Å². The maximum Gasteiger partial charge on any atom is 0.244 e. The monoisotopic (exact) mass is 301 g/mol. The topological polar surface area (TPSA) is 38.1 Å². The Kier molecular flexibility index (Phi) is 3.94. The van der Waals surface area contributed by atoms with E-state index in [0.717, 1.165) is 6.07 Å². The highest BCUT2D eigenvalue weighted by molar-refractivity contribution is 6.17. The number of fused-ring (bicyclic) bond motifs is 1. The number of aromatic nitrogens is 2. The van der Waals surface area contributed by atoms with E-state index in [1.165, 1.54) is 15.5 Å². The fourth-order valence-corrected chi connectivity index (χ4v) is 2.36. The molecule has 108 valence electrons. The minimum atomic E-state index is -1.02. The van der Waals surface area contributed by atoms with Crippen LogP contribution in [0.25, 0.3) is 11.0 Å². The first-order chi connectivity index (χ1) is 9.38. The number of benzene rings is 1. The molecule has 0 radical (unpaired) electrons. The third kappa shape index (κ3) is 2.24. The Morgan fingerprint density at radius 2 is 2.10 bits per heavy atom. The Morgan fingerprint density at radius 1 is 1.45 bits per heavy atom. The molecule has 7 heteroatoms. The van der Waals surface area contributed by atoms with Gasteiger partial charge in [-0.2, -0.15) is 0 Å². The first kappa shape index (κ1) is 14.7. The van der Waals surface area contributed by atoms with Gasteiger partial charge in [-0.3, -0.25) is 4.79 Å². The zero-order chi connectivity index (χ0) is 15.0. The molecule has 0 N–H and O–H groups in total. The van der Waals surface area contributed by atoms with Crippen LogP contribution in [0.5, 0.6) is 0 Å². The van der Waals surface area contributed by atoms with Crippen molar-refractivity contribution in [2.24, 2.45) is 0 Å². The summed E-state index contributed by atoms with van der Waals surface area (Å²) < 4.78 is 28.8. The molecule has 1 aromatic carbocycles. The standard InChI is InChI=1S/C13H14ClF2N3O/c1-7(13(20)18(2)3)19-10(6-14)17-9-5-4-8(15)11(16)12(9)19/h4-5,7H,6H2,1-3H3. The molecule has 1 aromatic heterocycles. The molecule has 2 rings (SSSR count). The summed E-state index contributed by atoms with van der Waals surface area (Å²) in [6.07, 6.45) is 0. The number of halogens is 3. The SMILES string of the molecule is CC(C(=O)N(C)C)n1c(CCl)nc2ccc(F)c(F)c21. The van der Waals surface area contributed by atoms with Crippen LogP contribution in [-0.4, -0.2) is 34.5 Å². The number of nitrogens with zero attached hydrogens (tertiary/aromatic N) is 3. The lowest BCUT2D eigenvalue weighted by molar-refractivity contribution is -0.131.